The zero-order valence-electron chi connectivity index (χ0n) is 11.8. The normalized spacial score (nSPS) is 14.4. The molecule has 0 bridgehead atoms. The van der Waals surface area contributed by atoms with Gasteiger partial charge in [-0.2, -0.15) is 22.2 Å². The molecule has 0 nitrogen and oxygen atoms in total. The summed E-state index contributed by atoms with van der Waals surface area (Å²) < 4.78 is 0. The third-order valence-electron chi connectivity index (χ3n) is 3.66. The fourth-order valence-corrected chi connectivity index (χ4v) is 7.46. The summed E-state index contributed by atoms with van der Waals surface area (Å²) in [7, 11) is -3.10. The Kier molecular flexibility index (Phi) is 5.25. The molecule has 0 fully saturated rings. The lowest BCUT2D eigenvalue weighted by Gasteiger charge is -2.30. The van der Waals surface area contributed by atoms with Gasteiger partial charge < -0.3 is 0 Å². The average molecular weight is 328 g/mol. The molecule has 0 spiro atoms. The van der Waals surface area contributed by atoms with E-state index in [0.29, 0.717) is 0 Å². The molecule has 0 saturated heterocycles. The second kappa shape index (κ2) is 4.94. The van der Waals surface area contributed by atoms with E-state index in [0.717, 1.165) is 0 Å². The van der Waals surface area contributed by atoms with Crippen LogP contribution in [0.3, 0.4) is 0 Å². The minimum atomic E-state index is -1.61. The first-order valence-corrected chi connectivity index (χ1v) is 21.7. The summed E-state index contributed by atoms with van der Waals surface area (Å²) in [5, 5.41) is 0. The molecular weight excluding hydrogens is 303 g/mol. The van der Waals surface area contributed by atoms with Gasteiger partial charge in [-0.25, -0.2) is 0 Å². The highest BCUT2D eigenvalue weighted by molar-refractivity contribution is 7.62. The predicted molar refractivity (Wildman–Crippen MR) is 89.4 cm³/mol. The van der Waals surface area contributed by atoms with Gasteiger partial charge in [-0.3, -0.25) is 0 Å². The van der Waals surface area contributed by atoms with Crippen molar-refractivity contribution < 1.29 is 0 Å². The zero-order valence-corrected chi connectivity index (χ0v) is 17.3. The predicted octanol–water partition coefficient (Wildman–Crippen LogP) is 4.53. The van der Waals surface area contributed by atoms with E-state index in [1.165, 1.54) is 0 Å². The highest BCUT2D eigenvalue weighted by Gasteiger charge is 2.42. The summed E-state index contributed by atoms with van der Waals surface area (Å²) >= 11 is 13.1. The lowest BCUT2D eigenvalue weighted by atomic mass is 11.4. The highest BCUT2D eigenvalue weighted by Crippen LogP contribution is 2.25. The van der Waals surface area contributed by atoms with Crippen LogP contribution in [0.4, 0.5) is 0 Å². The molecule has 6 heteroatoms. The third-order valence-corrected chi connectivity index (χ3v) is 38.4. The molecule has 0 aromatic heterocycles. The Morgan fingerprint density at radius 3 is 0.875 bits per heavy atom. The number of rotatable bonds is 2. The molecule has 94 valence electrons. The van der Waals surface area contributed by atoms with Gasteiger partial charge in [-0.15, -0.1) is 11.1 Å². The van der Waals surface area contributed by atoms with E-state index in [2.05, 4.69) is 63.5 Å². The smallest absolute Gasteiger partial charge is 0.155 e. The molecule has 0 aliphatic heterocycles. The standard InChI is InChI=1S/C10H24Cl2Si4/c1-13(2,15(5,6)11)9-10-14(3,4)16(7,8)12/h1-8H3. The van der Waals surface area contributed by atoms with E-state index in [1.54, 1.807) is 0 Å². The van der Waals surface area contributed by atoms with Crippen LogP contribution >= 0.6 is 22.2 Å². The van der Waals surface area contributed by atoms with Crippen LogP contribution in [0.5, 0.6) is 0 Å². The summed E-state index contributed by atoms with van der Waals surface area (Å²) in [6.07, 6.45) is 0. The molecule has 0 saturated carbocycles. The van der Waals surface area contributed by atoms with Crippen molar-refractivity contribution in [2.45, 2.75) is 52.4 Å². The number of hydrogen-bond acceptors (Lipinski definition) is 0. The fourth-order valence-electron chi connectivity index (χ4n) is 0.610. The van der Waals surface area contributed by atoms with Crippen LogP contribution in [-0.2, 0) is 0 Å². The van der Waals surface area contributed by atoms with Crippen molar-refractivity contribution >= 4 is 51.1 Å². The van der Waals surface area contributed by atoms with Gasteiger partial charge in [0, 0.05) is 0 Å². The van der Waals surface area contributed by atoms with E-state index >= 15 is 0 Å². The molecule has 0 aromatic rings. The Balaban J connectivity index is 5.17. The maximum Gasteiger partial charge on any atom is 0.155 e. The summed E-state index contributed by atoms with van der Waals surface area (Å²) in [4.78, 5) is 0. The molecule has 0 atom stereocenters. The second-order valence-corrected chi connectivity index (χ2v) is 41.9. The molecule has 16 heavy (non-hydrogen) atoms. The van der Waals surface area contributed by atoms with Gasteiger partial charge in [0.1, 0.15) is 15.2 Å². The molecule has 0 unspecified atom stereocenters. The van der Waals surface area contributed by atoms with Crippen LogP contribution in [0.1, 0.15) is 0 Å². The van der Waals surface area contributed by atoms with Crippen LogP contribution in [0.2, 0.25) is 52.4 Å². The van der Waals surface area contributed by atoms with E-state index in [1.807, 2.05) is 0 Å². The Morgan fingerprint density at radius 1 is 0.562 bits per heavy atom. The summed E-state index contributed by atoms with van der Waals surface area (Å²) in [5.74, 6) is 0. The molecule has 0 aliphatic rings. The van der Waals surface area contributed by atoms with Crippen molar-refractivity contribution in [1.82, 2.24) is 0 Å². The van der Waals surface area contributed by atoms with Gasteiger partial charge in [0.2, 0.25) is 0 Å². The molecule has 0 heterocycles. The van der Waals surface area contributed by atoms with Crippen molar-refractivity contribution in [1.29, 1.82) is 0 Å². The van der Waals surface area contributed by atoms with Crippen LogP contribution in [0, 0.1) is 11.1 Å². The minimum Gasteiger partial charge on any atom is -0.170 e. The van der Waals surface area contributed by atoms with E-state index in [4.69, 9.17) is 22.2 Å². The van der Waals surface area contributed by atoms with Crippen molar-refractivity contribution in [3.05, 3.63) is 0 Å². The Labute approximate surface area is 114 Å². The van der Waals surface area contributed by atoms with E-state index < -0.39 is 29.0 Å². The molecule has 0 aliphatic carbocycles. The maximum absolute atomic E-state index is 6.56. The van der Waals surface area contributed by atoms with Gasteiger partial charge in [-0.1, -0.05) is 52.4 Å². The number of halogens is 2. The quantitative estimate of drug-likeness (QED) is 0.397. The average Bonchev–Trinajstić information content (AvgIpc) is 1.97. The second-order valence-electron chi connectivity index (χ2n) is 6.44. The lowest BCUT2D eigenvalue weighted by molar-refractivity contribution is 1.86. The minimum absolute atomic E-state index is 1.55. The lowest BCUT2D eigenvalue weighted by Crippen LogP contribution is -2.53. The van der Waals surface area contributed by atoms with Gasteiger partial charge in [0.25, 0.3) is 0 Å². The first-order chi connectivity index (χ1) is 6.71. The molecule has 0 radical (unpaired) electrons. The van der Waals surface area contributed by atoms with Gasteiger partial charge in [-0.05, 0) is 0 Å². The molecule has 0 amide bonds. The monoisotopic (exact) mass is 326 g/mol. The fraction of sp³-hybridized carbons (Fsp3) is 0.800. The van der Waals surface area contributed by atoms with Crippen LogP contribution in [-0.4, -0.2) is 29.0 Å². The highest BCUT2D eigenvalue weighted by atomic mass is 35.6. The molecule has 0 rings (SSSR count). The van der Waals surface area contributed by atoms with Gasteiger partial charge in [0.15, 0.2) is 13.8 Å². The zero-order chi connectivity index (χ0) is 13.4. The van der Waals surface area contributed by atoms with E-state index in [9.17, 15) is 0 Å². The van der Waals surface area contributed by atoms with Gasteiger partial charge in [0.05, 0.1) is 0 Å². The third kappa shape index (κ3) is 4.35. The topological polar surface area (TPSA) is 0 Å². The summed E-state index contributed by atoms with van der Waals surface area (Å²) in [5.41, 5.74) is 7.15. The van der Waals surface area contributed by atoms with Crippen molar-refractivity contribution in [3.63, 3.8) is 0 Å². The van der Waals surface area contributed by atoms with Crippen molar-refractivity contribution in [3.8, 4) is 11.1 Å². The largest absolute Gasteiger partial charge is 0.170 e. The van der Waals surface area contributed by atoms with Crippen molar-refractivity contribution in [2.24, 2.45) is 0 Å². The van der Waals surface area contributed by atoms with Crippen LogP contribution in [0.15, 0.2) is 0 Å². The first-order valence-electron chi connectivity index (χ1n) is 5.63. The van der Waals surface area contributed by atoms with Gasteiger partial charge >= 0.3 is 0 Å². The number of hydrogen-bond donors (Lipinski definition) is 0. The summed E-state index contributed by atoms with van der Waals surface area (Å²) in [6, 6.07) is 0. The SMILES string of the molecule is C[Si](C)(Cl)[Si](C)(C)C#C[Si](C)(C)[Si](C)(C)Cl. The van der Waals surface area contributed by atoms with E-state index in [-0.39, 0.29) is 0 Å². The molecule has 0 N–H and O–H groups in total. The Morgan fingerprint density at radius 2 is 0.750 bits per heavy atom. The first kappa shape index (κ1) is 17.0. The van der Waals surface area contributed by atoms with Crippen molar-refractivity contribution in [2.75, 3.05) is 0 Å². The van der Waals surface area contributed by atoms with Crippen LogP contribution in [0.25, 0.3) is 0 Å². The molecular formula is C10H24Cl2Si4. The maximum atomic E-state index is 6.56. The Bertz CT molecular complexity index is 282. The van der Waals surface area contributed by atoms with Crippen LogP contribution < -0.4 is 0 Å². The summed E-state index contributed by atoms with van der Waals surface area (Å²) in [6.45, 7) is 14.8. The molecule has 0 aromatic carbocycles. The Hall–Kier alpha value is 1.01.